The third-order valence-corrected chi connectivity index (χ3v) is 7.48. The maximum absolute atomic E-state index is 9.95. The van der Waals surface area contributed by atoms with Crippen LogP contribution in [0.4, 0.5) is 0 Å². The molecule has 3 aromatic heterocycles. The van der Waals surface area contributed by atoms with E-state index in [0.717, 1.165) is 13.7 Å². The van der Waals surface area contributed by atoms with Crippen molar-refractivity contribution in [1.29, 1.82) is 0 Å². The molecule has 7 aromatic carbocycles. The Balaban J connectivity index is 1.50. The molecule has 0 aliphatic rings. The van der Waals surface area contributed by atoms with Crippen LogP contribution in [0, 0.1) is 0 Å². The molecule has 0 bridgehead atoms. The molecule has 3 heterocycles. The van der Waals surface area contributed by atoms with Crippen LogP contribution in [0.2, 0.25) is 0 Å². The highest BCUT2D eigenvalue weighted by molar-refractivity contribution is 6.13. The van der Waals surface area contributed by atoms with Crippen molar-refractivity contribution in [3.05, 3.63) is 163 Å². The van der Waals surface area contributed by atoms with Crippen LogP contribution in [0.1, 0.15) is 37.0 Å². The minimum absolute atomic E-state index is 0.456. The van der Waals surface area contributed by atoms with E-state index in [1.807, 2.05) is 0 Å². The van der Waals surface area contributed by atoms with Gasteiger partial charge in [0.25, 0.3) is 0 Å². The molecule has 0 unspecified atom stereocenters. The van der Waals surface area contributed by atoms with Gasteiger partial charge in [-0.1, -0.05) is 96.7 Å². The molecule has 0 saturated carbocycles. The molecule has 45 heavy (non-hydrogen) atoms. The zero-order valence-corrected chi connectivity index (χ0v) is 22.3. The van der Waals surface area contributed by atoms with Crippen molar-refractivity contribution < 1.29 is 37.0 Å². The molecule has 0 N–H and O–H groups in total. The number of benzene rings is 7. The Hall–Kier alpha value is -6.06. The summed E-state index contributed by atoms with van der Waals surface area (Å²) in [6.45, 7) is 0. The van der Waals surface area contributed by atoms with Gasteiger partial charge in [0.1, 0.15) is 0 Å². The first-order chi connectivity index (χ1) is 33.6. The molecule has 0 saturated heterocycles. The van der Waals surface area contributed by atoms with Crippen molar-refractivity contribution in [3.8, 4) is 17.1 Å². The first kappa shape index (κ1) is 9.98. The fraction of sp³-hybridized carbons (Fsp3) is 0. The SMILES string of the molecule is [2H]c1c([2H])c([2H])c(-n2c3c([2H])c([2H])c([2H])c([2H])c3c3c([2H])c([2H])c(-n4c5c([2H])c([2H])c([2H])c([2H])c5c5c([2H])c(-n6c7c([2H])c([2H])c([2H])c([2H])c7c7c([2H])c([2H])c([2H])c([2H])c76)c([2H])c([2H])c54)c([2H])c32)c([2H])c1[2H]. The summed E-state index contributed by atoms with van der Waals surface area (Å²) in [7, 11) is 0. The van der Waals surface area contributed by atoms with Crippen LogP contribution in [0.15, 0.2) is 163 Å². The van der Waals surface area contributed by atoms with Crippen LogP contribution < -0.4 is 0 Å². The molecule has 0 fully saturated rings. The lowest BCUT2D eigenvalue weighted by molar-refractivity contribution is 1.15. The number of para-hydroxylation sites is 5. The Morgan fingerprint density at radius 2 is 0.644 bits per heavy atom. The molecule has 0 aliphatic heterocycles. The van der Waals surface area contributed by atoms with Gasteiger partial charge in [-0.25, -0.2) is 0 Å². The molecule has 0 amide bonds. The van der Waals surface area contributed by atoms with Crippen molar-refractivity contribution in [1.82, 2.24) is 13.7 Å². The summed E-state index contributed by atoms with van der Waals surface area (Å²) in [5.74, 6) is 0. The molecule has 3 nitrogen and oxygen atoms in total. The monoisotopic (exact) mass is 600 g/mol. The third-order valence-electron chi connectivity index (χ3n) is 7.48. The van der Waals surface area contributed by atoms with Gasteiger partial charge in [-0.3, -0.25) is 0 Å². The molecular weight excluding hydrogens is 546 g/mol. The van der Waals surface area contributed by atoms with E-state index in [1.54, 1.807) is 0 Å². The summed E-state index contributed by atoms with van der Waals surface area (Å²) in [5, 5.41) is -3.20. The van der Waals surface area contributed by atoms with Gasteiger partial charge in [0.2, 0.25) is 0 Å². The standard InChI is InChI=1S/C42H27N3/c1-2-12-28(13-3-1)43-37-18-8-6-16-33(37)35-24-22-30(27-42(35)43)45-40-21-11-7-17-34(40)36-26-29(23-25-41(36)45)44-38-19-9-4-14-31(38)32-15-5-10-20-39(32)44/h1-27H/i1D,2D,3D,4D,5D,6D,7D,8D,9D,10D,11D,12D,13D,14D,15D,16D,17D,18D,19D,20D,21D,22D,23D,24D,25D,26D,27D. The van der Waals surface area contributed by atoms with E-state index in [1.165, 1.54) is 0 Å². The van der Waals surface area contributed by atoms with Crippen molar-refractivity contribution in [2.75, 3.05) is 0 Å². The lowest BCUT2D eigenvalue weighted by atomic mass is 10.1. The van der Waals surface area contributed by atoms with Crippen LogP contribution in [0.5, 0.6) is 0 Å². The van der Waals surface area contributed by atoms with Gasteiger partial charge >= 0.3 is 0 Å². The van der Waals surface area contributed by atoms with Crippen molar-refractivity contribution in [2.24, 2.45) is 0 Å². The Morgan fingerprint density at radius 3 is 1.20 bits per heavy atom. The van der Waals surface area contributed by atoms with E-state index in [-0.39, 0.29) is 0 Å². The van der Waals surface area contributed by atoms with Crippen molar-refractivity contribution >= 4 is 65.4 Å². The minimum atomic E-state index is -1.02. The van der Waals surface area contributed by atoms with Gasteiger partial charge < -0.3 is 13.7 Å². The fourth-order valence-electron chi connectivity index (χ4n) is 5.68. The summed E-state index contributed by atoms with van der Waals surface area (Å²) in [6.07, 6.45) is 0. The molecule has 10 rings (SSSR count). The van der Waals surface area contributed by atoms with E-state index in [2.05, 4.69) is 0 Å². The second kappa shape index (κ2) is 9.22. The summed E-state index contributed by atoms with van der Waals surface area (Å²) in [5.41, 5.74) is -6.13. The fourth-order valence-corrected chi connectivity index (χ4v) is 5.68. The van der Waals surface area contributed by atoms with Crippen LogP contribution >= 0.6 is 0 Å². The Kier molecular flexibility index (Phi) is 2.04. The molecule has 3 heteroatoms. The quantitative estimate of drug-likeness (QED) is 0.192. The molecular formula is C42H27N3. The number of aromatic nitrogens is 3. The van der Waals surface area contributed by atoms with Gasteiger partial charge in [-0.05, 0) is 66.5 Å². The van der Waals surface area contributed by atoms with E-state index in [0.29, 0.717) is 0 Å². The van der Waals surface area contributed by atoms with Gasteiger partial charge in [0.15, 0.2) is 0 Å². The summed E-state index contributed by atoms with van der Waals surface area (Å²) >= 11 is 0. The summed E-state index contributed by atoms with van der Waals surface area (Å²) < 4.78 is 244. The second-order valence-electron chi connectivity index (χ2n) is 9.77. The maximum Gasteiger partial charge on any atom is 0.0667 e. The Morgan fingerprint density at radius 1 is 0.267 bits per heavy atom. The molecule has 0 atom stereocenters. The zero-order chi connectivity index (χ0) is 53.0. The molecule has 10 aromatic rings. The Labute approximate surface area is 297 Å². The van der Waals surface area contributed by atoms with Crippen LogP contribution in [-0.2, 0) is 0 Å². The van der Waals surface area contributed by atoms with Crippen molar-refractivity contribution in [3.63, 3.8) is 0 Å². The van der Waals surface area contributed by atoms with Crippen LogP contribution in [-0.4, -0.2) is 13.7 Å². The van der Waals surface area contributed by atoms with Gasteiger partial charge in [-0.15, -0.1) is 0 Å². The topological polar surface area (TPSA) is 14.8 Å². The highest BCUT2D eigenvalue weighted by Crippen LogP contribution is 2.39. The smallest absolute Gasteiger partial charge is 0.0667 e. The first-order valence-electron chi connectivity index (χ1n) is 26.8. The van der Waals surface area contributed by atoms with Gasteiger partial charge in [0, 0.05) is 49.4 Å². The van der Waals surface area contributed by atoms with Gasteiger partial charge in [0.05, 0.1) is 70.1 Å². The average Bonchev–Trinajstić information content (AvgIpc) is 4.01. The predicted molar refractivity (Wildman–Crippen MR) is 189 cm³/mol. The normalized spacial score (nSPS) is 20.4. The second-order valence-corrected chi connectivity index (χ2v) is 9.77. The maximum atomic E-state index is 9.95. The number of nitrogens with zero attached hydrogens (tertiary/aromatic N) is 3. The predicted octanol–water partition coefficient (Wildman–Crippen LogP) is 11.0. The molecule has 0 aliphatic carbocycles. The number of rotatable bonds is 3. The molecule has 0 spiro atoms. The summed E-state index contributed by atoms with van der Waals surface area (Å²) in [6, 6.07) is -24.0. The zero-order valence-electron chi connectivity index (χ0n) is 49.3. The number of fused-ring (bicyclic) bond motifs is 9. The highest BCUT2D eigenvalue weighted by atomic mass is 15.0. The number of hydrogen-bond donors (Lipinski definition) is 0. The lowest BCUT2D eigenvalue weighted by Crippen LogP contribution is -1.97. The van der Waals surface area contributed by atoms with Crippen molar-refractivity contribution in [2.45, 2.75) is 0 Å². The van der Waals surface area contributed by atoms with Crippen LogP contribution in [0.25, 0.3) is 82.5 Å². The van der Waals surface area contributed by atoms with E-state index < -0.39 is 246 Å². The number of hydrogen-bond acceptors (Lipinski definition) is 0. The lowest BCUT2D eigenvalue weighted by Gasteiger charge is -2.12. The van der Waals surface area contributed by atoms with Gasteiger partial charge in [-0.2, -0.15) is 0 Å². The minimum Gasteiger partial charge on any atom is -0.309 e. The third kappa shape index (κ3) is 3.41. The average molecular weight is 601 g/mol. The summed E-state index contributed by atoms with van der Waals surface area (Å²) in [4.78, 5) is 0. The van der Waals surface area contributed by atoms with Crippen LogP contribution in [0.3, 0.4) is 0 Å². The first-order valence-corrected chi connectivity index (χ1v) is 13.3. The molecule has 210 valence electrons. The molecule has 0 radical (unpaired) electrons. The van der Waals surface area contributed by atoms with E-state index >= 15 is 0 Å². The van der Waals surface area contributed by atoms with E-state index in [4.69, 9.17) is 26.0 Å². The highest BCUT2D eigenvalue weighted by Gasteiger charge is 2.18. The largest absolute Gasteiger partial charge is 0.309 e. The van der Waals surface area contributed by atoms with E-state index in [9.17, 15) is 11.0 Å². The Bertz CT molecular complexity index is 4190.